The molecule has 0 atom stereocenters. The van der Waals surface area contributed by atoms with E-state index >= 15 is 0 Å². The van der Waals surface area contributed by atoms with Gasteiger partial charge >= 0.3 is 8.84 Å². The lowest BCUT2D eigenvalue weighted by molar-refractivity contribution is -0.119. The van der Waals surface area contributed by atoms with Gasteiger partial charge in [0.2, 0.25) is 5.91 Å². The van der Waals surface area contributed by atoms with Crippen LogP contribution in [0, 0.1) is 0 Å². The summed E-state index contributed by atoms with van der Waals surface area (Å²) >= 11 is 0. The fraction of sp³-hybridized carbons (Fsp3) is 0.222. The SMILES string of the molecule is CCC(=O)N[Si](=O)c1ccccc1. The third-order valence-electron chi connectivity index (χ3n) is 1.61. The predicted molar refractivity (Wildman–Crippen MR) is 51.0 cm³/mol. The Morgan fingerprint density at radius 2 is 2.00 bits per heavy atom. The molecule has 0 aliphatic rings. The molecule has 0 aliphatic heterocycles. The second-order valence-corrected chi connectivity index (χ2v) is 4.08. The summed E-state index contributed by atoms with van der Waals surface area (Å²) < 4.78 is 11.5. The van der Waals surface area contributed by atoms with Gasteiger partial charge in [0.1, 0.15) is 0 Å². The Labute approximate surface area is 78.5 Å². The molecule has 0 saturated heterocycles. The van der Waals surface area contributed by atoms with Crippen LogP contribution in [0.5, 0.6) is 0 Å². The zero-order chi connectivity index (χ0) is 9.68. The average Bonchev–Trinajstić information content (AvgIpc) is 2.19. The first-order valence-corrected chi connectivity index (χ1v) is 5.54. The van der Waals surface area contributed by atoms with Gasteiger partial charge in [0, 0.05) is 11.6 Å². The van der Waals surface area contributed by atoms with Crippen molar-refractivity contribution in [3.05, 3.63) is 30.3 Å². The van der Waals surface area contributed by atoms with E-state index in [1.54, 1.807) is 31.2 Å². The molecular weight excluding hydrogens is 182 g/mol. The molecule has 0 spiro atoms. The van der Waals surface area contributed by atoms with Gasteiger partial charge in [0.05, 0.1) is 0 Å². The van der Waals surface area contributed by atoms with Crippen LogP contribution in [0.1, 0.15) is 13.3 Å². The standard InChI is InChI=1S/C9H11NO2Si/c1-2-9(11)10-13(12)8-6-4-3-5-7-8/h3-7H,2H2,1H3,(H,10,11). The number of hydrogen-bond donors (Lipinski definition) is 1. The highest BCUT2D eigenvalue weighted by Gasteiger charge is 2.10. The van der Waals surface area contributed by atoms with E-state index in [1.165, 1.54) is 0 Å². The molecule has 0 fully saturated rings. The summed E-state index contributed by atoms with van der Waals surface area (Å²) in [6, 6.07) is 8.95. The van der Waals surface area contributed by atoms with Gasteiger partial charge in [-0.15, -0.1) is 0 Å². The Morgan fingerprint density at radius 1 is 1.38 bits per heavy atom. The quantitative estimate of drug-likeness (QED) is 0.704. The summed E-state index contributed by atoms with van der Waals surface area (Å²) in [7, 11) is -2.13. The van der Waals surface area contributed by atoms with Gasteiger partial charge in [-0.3, -0.25) is 4.79 Å². The molecule has 1 N–H and O–H groups in total. The summed E-state index contributed by atoms with van der Waals surface area (Å²) in [5.74, 6) is -0.173. The van der Waals surface area contributed by atoms with E-state index < -0.39 is 8.84 Å². The van der Waals surface area contributed by atoms with Crippen molar-refractivity contribution in [3.63, 3.8) is 0 Å². The maximum atomic E-state index is 11.5. The Bertz CT molecular complexity index is 311. The Balaban J connectivity index is 2.65. The number of amides is 1. The number of benzene rings is 1. The lowest BCUT2D eigenvalue weighted by atomic mass is 10.4. The Hall–Kier alpha value is -1.29. The highest BCUT2D eigenvalue weighted by atomic mass is 28.3. The molecule has 13 heavy (non-hydrogen) atoms. The van der Waals surface area contributed by atoms with E-state index in [0.717, 1.165) is 0 Å². The highest BCUT2D eigenvalue weighted by molar-refractivity contribution is 6.59. The first-order chi connectivity index (χ1) is 6.24. The van der Waals surface area contributed by atoms with E-state index in [2.05, 4.69) is 4.98 Å². The van der Waals surface area contributed by atoms with E-state index in [1.807, 2.05) is 6.07 Å². The molecule has 0 radical (unpaired) electrons. The molecule has 1 aromatic carbocycles. The lowest BCUT2D eigenvalue weighted by Gasteiger charge is -1.99. The van der Waals surface area contributed by atoms with Crippen LogP contribution >= 0.6 is 0 Å². The van der Waals surface area contributed by atoms with Gasteiger partial charge in [-0.05, 0) is 0 Å². The first kappa shape index (κ1) is 9.79. The van der Waals surface area contributed by atoms with Crippen molar-refractivity contribution < 1.29 is 9.26 Å². The predicted octanol–water partition coefficient (Wildman–Crippen LogP) is 0.338. The van der Waals surface area contributed by atoms with E-state index in [9.17, 15) is 9.26 Å². The van der Waals surface area contributed by atoms with Crippen LogP contribution in [0.15, 0.2) is 30.3 Å². The zero-order valence-electron chi connectivity index (χ0n) is 7.41. The summed E-state index contributed by atoms with van der Waals surface area (Å²) in [6.07, 6.45) is 0.364. The van der Waals surface area contributed by atoms with Gasteiger partial charge in [0.25, 0.3) is 0 Å². The summed E-state index contributed by atoms with van der Waals surface area (Å²) in [6.45, 7) is 1.73. The molecule has 1 rings (SSSR count). The molecule has 1 amide bonds. The smallest absolute Gasteiger partial charge is 0.353 e. The highest BCUT2D eigenvalue weighted by Crippen LogP contribution is 1.82. The van der Waals surface area contributed by atoms with Crippen molar-refractivity contribution in [2.45, 2.75) is 13.3 Å². The number of rotatable bonds is 3. The van der Waals surface area contributed by atoms with Gasteiger partial charge in [-0.1, -0.05) is 37.3 Å². The van der Waals surface area contributed by atoms with Crippen LogP contribution in [0.2, 0.25) is 0 Å². The molecule has 0 bridgehead atoms. The van der Waals surface area contributed by atoms with Gasteiger partial charge in [0.15, 0.2) is 0 Å². The van der Waals surface area contributed by atoms with Crippen molar-refractivity contribution in [3.8, 4) is 0 Å². The lowest BCUT2D eigenvalue weighted by Crippen LogP contribution is -2.40. The molecule has 0 aromatic heterocycles. The van der Waals surface area contributed by atoms with E-state index in [-0.39, 0.29) is 5.91 Å². The molecule has 0 heterocycles. The minimum absolute atomic E-state index is 0.173. The van der Waals surface area contributed by atoms with E-state index in [0.29, 0.717) is 11.6 Å². The van der Waals surface area contributed by atoms with Gasteiger partial charge in [-0.25, -0.2) is 0 Å². The molecule has 1 aromatic rings. The normalized spacial score (nSPS) is 9.31. The van der Waals surface area contributed by atoms with Crippen molar-refractivity contribution >= 4 is 19.9 Å². The molecule has 0 aliphatic carbocycles. The number of hydrogen-bond acceptors (Lipinski definition) is 2. The van der Waals surface area contributed by atoms with Crippen molar-refractivity contribution in [2.24, 2.45) is 0 Å². The van der Waals surface area contributed by atoms with Crippen LogP contribution in [0.25, 0.3) is 0 Å². The van der Waals surface area contributed by atoms with Crippen molar-refractivity contribution in [1.29, 1.82) is 0 Å². The fourth-order valence-electron chi connectivity index (χ4n) is 0.877. The maximum Gasteiger partial charge on any atom is 0.435 e. The third kappa shape index (κ3) is 2.91. The maximum absolute atomic E-state index is 11.5. The third-order valence-corrected chi connectivity index (χ3v) is 2.97. The van der Waals surface area contributed by atoms with Crippen LogP contribution in [0.4, 0.5) is 0 Å². The second-order valence-electron chi connectivity index (χ2n) is 2.60. The molecule has 4 heteroatoms. The topological polar surface area (TPSA) is 46.2 Å². The summed E-state index contributed by atoms with van der Waals surface area (Å²) in [5, 5.41) is 0.689. The average molecular weight is 193 g/mol. The van der Waals surface area contributed by atoms with Gasteiger partial charge in [-0.2, -0.15) is 0 Å². The minimum atomic E-state index is -2.13. The Kier molecular flexibility index (Phi) is 3.51. The summed E-state index contributed by atoms with van der Waals surface area (Å²) in [4.78, 5) is 13.4. The van der Waals surface area contributed by atoms with Crippen LogP contribution in [0.3, 0.4) is 0 Å². The van der Waals surface area contributed by atoms with Gasteiger partial charge < -0.3 is 9.44 Å². The monoisotopic (exact) mass is 193 g/mol. The molecular formula is C9H11NO2Si. The fourth-order valence-corrected chi connectivity index (χ4v) is 1.95. The number of carbonyl (C=O) groups is 1. The van der Waals surface area contributed by atoms with Crippen LogP contribution < -0.4 is 10.2 Å². The minimum Gasteiger partial charge on any atom is -0.353 e. The van der Waals surface area contributed by atoms with Crippen molar-refractivity contribution in [2.75, 3.05) is 0 Å². The first-order valence-electron chi connectivity index (χ1n) is 4.13. The van der Waals surface area contributed by atoms with E-state index in [4.69, 9.17) is 0 Å². The van der Waals surface area contributed by atoms with Crippen molar-refractivity contribution in [1.82, 2.24) is 4.98 Å². The summed E-state index contributed by atoms with van der Waals surface area (Å²) in [5.41, 5.74) is 0. The zero-order valence-corrected chi connectivity index (χ0v) is 8.41. The van der Waals surface area contributed by atoms with Crippen LogP contribution in [-0.4, -0.2) is 14.8 Å². The second kappa shape index (κ2) is 4.66. The molecule has 0 saturated carbocycles. The molecule has 3 nitrogen and oxygen atoms in total. The molecule has 68 valence electrons. The largest absolute Gasteiger partial charge is 0.435 e. The Morgan fingerprint density at radius 3 is 2.54 bits per heavy atom. The molecule has 0 unspecified atom stereocenters. The number of nitrogens with one attached hydrogen (secondary N) is 1. The number of carbonyl (C=O) groups excluding carboxylic acids is 1. The van der Waals surface area contributed by atoms with Crippen LogP contribution in [-0.2, 0) is 9.26 Å².